The zero-order chi connectivity index (χ0) is 34.4. The molecular weight excluding hydrogens is 633 g/mol. The van der Waals surface area contributed by atoms with E-state index in [9.17, 15) is 0 Å². The van der Waals surface area contributed by atoms with Crippen LogP contribution in [0.4, 0.5) is 0 Å². The first-order valence-corrected chi connectivity index (χ1v) is 17.5. The van der Waals surface area contributed by atoms with E-state index in [1.165, 1.54) is 26.9 Å². The summed E-state index contributed by atoms with van der Waals surface area (Å²) in [4.78, 5) is 19.5. The second-order valence-electron chi connectivity index (χ2n) is 13.1. The van der Waals surface area contributed by atoms with Crippen molar-refractivity contribution in [3.8, 4) is 56.3 Å². The molecule has 0 saturated heterocycles. The first-order valence-electron chi connectivity index (χ1n) is 17.5. The predicted octanol–water partition coefficient (Wildman–Crippen LogP) is 12.2. The number of fused-ring (bicyclic) bond motifs is 6. The van der Waals surface area contributed by atoms with E-state index in [4.69, 9.17) is 9.97 Å². The van der Waals surface area contributed by atoms with Gasteiger partial charge in [0.25, 0.3) is 0 Å². The molecule has 4 heteroatoms. The molecular formula is C48H30N4. The van der Waals surface area contributed by atoms with Gasteiger partial charge in [-0.1, -0.05) is 115 Å². The number of para-hydroxylation sites is 1. The second kappa shape index (κ2) is 12.4. The van der Waals surface area contributed by atoms with Crippen LogP contribution in [0.3, 0.4) is 0 Å². The summed E-state index contributed by atoms with van der Waals surface area (Å²) in [6, 6.07) is 59.6. The highest BCUT2D eigenvalue weighted by Crippen LogP contribution is 2.39. The molecule has 10 rings (SSSR count). The van der Waals surface area contributed by atoms with Gasteiger partial charge in [-0.25, -0.2) is 9.97 Å². The molecule has 10 aromatic rings. The SMILES string of the molecule is c1ccc(-c2cc(-c3ccc(-c4ccc5ccc6c(-c7ccc8ccccc8c7)nc7ccccc7c6c5c4)cc3)nc(-c3ccccn3)c2)nc1. The molecule has 242 valence electrons. The first kappa shape index (κ1) is 29.8. The minimum absolute atomic E-state index is 0.814. The third-order valence-corrected chi connectivity index (χ3v) is 9.93. The minimum Gasteiger partial charge on any atom is -0.256 e. The fourth-order valence-corrected chi connectivity index (χ4v) is 7.35. The average Bonchev–Trinajstić information content (AvgIpc) is 3.23. The Morgan fingerprint density at radius 1 is 0.308 bits per heavy atom. The Morgan fingerprint density at radius 2 is 0.962 bits per heavy atom. The van der Waals surface area contributed by atoms with Gasteiger partial charge in [-0.3, -0.25) is 9.97 Å². The van der Waals surface area contributed by atoms with Crippen molar-refractivity contribution in [2.45, 2.75) is 0 Å². The molecule has 0 amide bonds. The molecule has 4 aromatic heterocycles. The largest absolute Gasteiger partial charge is 0.256 e. The fraction of sp³-hybridized carbons (Fsp3) is 0. The van der Waals surface area contributed by atoms with E-state index in [-0.39, 0.29) is 0 Å². The van der Waals surface area contributed by atoms with Crippen LogP contribution in [-0.2, 0) is 0 Å². The number of benzene rings is 6. The van der Waals surface area contributed by atoms with Crippen LogP contribution >= 0.6 is 0 Å². The normalized spacial score (nSPS) is 11.5. The highest BCUT2D eigenvalue weighted by atomic mass is 14.8. The zero-order valence-electron chi connectivity index (χ0n) is 28.1. The van der Waals surface area contributed by atoms with Gasteiger partial charge >= 0.3 is 0 Å². The van der Waals surface area contributed by atoms with Crippen molar-refractivity contribution in [2.75, 3.05) is 0 Å². The smallest absolute Gasteiger partial charge is 0.0900 e. The summed E-state index contributed by atoms with van der Waals surface area (Å²) in [7, 11) is 0. The summed E-state index contributed by atoms with van der Waals surface area (Å²) < 4.78 is 0. The molecule has 4 nitrogen and oxygen atoms in total. The van der Waals surface area contributed by atoms with E-state index in [2.05, 4.69) is 143 Å². The number of hydrogen-bond donors (Lipinski definition) is 0. The topological polar surface area (TPSA) is 51.6 Å². The summed E-state index contributed by atoms with van der Waals surface area (Å²) >= 11 is 0. The lowest BCUT2D eigenvalue weighted by molar-refractivity contribution is 1.24. The Labute approximate surface area is 300 Å². The van der Waals surface area contributed by atoms with Crippen LogP contribution in [0.1, 0.15) is 0 Å². The number of pyridine rings is 4. The highest BCUT2D eigenvalue weighted by Gasteiger charge is 2.15. The molecule has 0 aliphatic rings. The summed E-state index contributed by atoms with van der Waals surface area (Å²) in [5.74, 6) is 0. The van der Waals surface area contributed by atoms with E-state index in [1.807, 2.05) is 42.6 Å². The summed E-state index contributed by atoms with van der Waals surface area (Å²) in [6.07, 6.45) is 3.62. The first-order chi connectivity index (χ1) is 25.7. The van der Waals surface area contributed by atoms with Crippen LogP contribution in [0.25, 0.3) is 99.5 Å². The molecule has 0 aliphatic heterocycles. The van der Waals surface area contributed by atoms with Crippen molar-refractivity contribution in [3.63, 3.8) is 0 Å². The maximum atomic E-state index is 5.24. The Hall–Kier alpha value is -7.04. The van der Waals surface area contributed by atoms with Crippen LogP contribution < -0.4 is 0 Å². The van der Waals surface area contributed by atoms with E-state index in [0.717, 1.165) is 72.6 Å². The van der Waals surface area contributed by atoms with E-state index >= 15 is 0 Å². The van der Waals surface area contributed by atoms with Gasteiger partial charge in [0.05, 0.1) is 34.0 Å². The van der Waals surface area contributed by atoms with Crippen molar-refractivity contribution in [1.29, 1.82) is 0 Å². The summed E-state index contributed by atoms with van der Waals surface area (Å²) in [6.45, 7) is 0. The van der Waals surface area contributed by atoms with Crippen molar-refractivity contribution >= 4 is 43.2 Å². The summed E-state index contributed by atoms with van der Waals surface area (Å²) in [5.41, 5.74) is 10.9. The third kappa shape index (κ3) is 5.26. The second-order valence-corrected chi connectivity index (χ2v) is 13.1. The molecule has 4 heterocycles. The van der Waals surface area contributed by atoms with Crippen molar-refractivity contribution in [3.05, 3.63) is 182 Å². The van der Waals surface area contributed by atoms with Crippen LogP contribution in [0.2, 0.25) is 0 Å². The molecule has 52 heavy (non-hydrogen) atoms. The van der Waals surface area contributed by atoms with Gasteiger partial charge in [-0.05, 0) is 87.3 Å². The van der Waals surface area contributed by atoms with Gasteiger partial charge in [-0.15, -0.1) is 0 Å². The quantitative estimate of drug-likeness (QED) is 0.172. The monoisotopic (exact) mass is 662 g/mol. The lowest BCUT2D eigenvalue weighted by atomic mass is 9.92. The van der Waals surface area contributed by atoms with Gasteiger partial charge in [-0.2, -0.15) is 0 Å². The van der Waals surface area contributed by atoms with Gasteiger partial charge in [0, 0.05) is 45.2 Å². The van der Waals surface area contributed by atoms with Gasteiger partial charge in [0.15, 0.2) is 0 Å². The Morgan fingerprint density at radius 3 is 1.79 bits per heavy atom. The Kier molecular flexibility index (Phi) is 7.10. The molecule has 0 atom stereocenters. The van der Waals surface area contributed by atoms with Crippen LogP contribution in [-0.4, -0.2) is 19.9 Å². The third-order valence-electron chi connectivity index (χ3n) is 9.93. The van der Waals surface area contributed by atoms with E-state index < -0.39 is 0 Å². The number of aromatic nitrogens is 4. The molecule has 0 fully saturated rings. The fourth-order valence-electron chi connectivity index (χ4n) is 7.35. The maximum Gasteiger partial charge on any atom is 0.0900 e. The van der Waals surface area contributed by atoms with Crippen molar-refractivity contribution < 1.29 is 0 Å². The van der Waals surface area contributed by atoms with E-state index in [1.54, 1.807) is 6.20 Å². The van der Waals surface area contributed by atoms with Crippen LogP contribution in [0.15, 0.2) is 182 Å². The lowest BCUT2D eigenvalue weighted by Crippen LogP contribution is -1.93. The molecule has 6 aromatic carbocycles. The number of rotatable bonds is 5. The molecule has 0 N–H and O–H groups in total. The van der Waals surface area contributed by atoms with Crippen molar-refractivity contribution in [2.24, 2.45) is 0 Å². The van der Waals surface area contributed by atoms with Gasteiger partial charge in [0.1, 0.15) is 0 Å². The standard InChI is InChI=1S/C48H30N4/c1-2-10-35-27-37(22-17-31(35)9-1)48-40-24-23-33-18-21-36(28-41(33)47(40)39-11-3-4-13-43(39)52-48)32-15-19-34(20-16-32)45-29-38(42-12-5-7-25-49-42)30-46(51-45)44-14-6-8-26-50-44/h1-30H. The van der Waals surface area contributed by atoms with E-state index in [0.29, 0.717) is 0 Å². The van der Waals surface area contributed by atoms with Crippen LogP contribution in [0.5, 0.6) is 0 Å². The summed E-state index contributed by atoms with van der Waals surface area (Å²) in [5, 5.41) is 8.38. The Balaban J connectivity index is 1.10. The molecule has 0 unspecified atom stereocenters. The van der Waals surface area contributed by atoms with Gasteiger partial charge < -0.3 is 0 Å². The highest BCUT2D eigenvalue weighted by molar-refractivity contribution is 6.23. The number of hydrogen-bond acceptors (Lipinski definition) is 4. The molecule has 0 bridgehead atoms. The van der Waals surface area contributed by atoms with Gasteiger partial charge in [0.2, 0.25) is 0 Å². The maximum absolute atomic E-state index is 5.24. The minimum atomic E-state index is 0.814. The zero-order valence-corrected chi connectivity index (χ0v) is 28.1. The van der Waals surface area contributed by atoms with Crippen molar-refractivity contribution in [1.82, 2.24) is 19.9 Å². The molecule has 0 aliphatic carbocycles. The number of nitrogens with zero attached hydrogens (tertiary/aromatic N) is 4. The Bertz CT molecular complexity index is 2880. The molecule has 0 saturated carbocycles. The van der Waals surface area contributed by atoms with Crippen LogP contribution in [0, 0.1) is 0 Å². The average molecular weight is 663 g/mol. The lowest BCUT2D eigenvalue weighted by Gasteiger charge is -2.14. The predicted molar refractivity (Wildman–Crippen MR) is 215 cm³/mol. The molecule has 0 radical (unpaired) electrons. The molecule has 0 spiro atoms.